The van der Waals surface area contributed by atoms with Crippen LogP contribution in [0.3, 0.4) is 0 Å². The van der Waals surface area contributed by atoms with Crippen LogP contribution in [0.25, 0.3) is 5.57 Å². The van der Waals surface area contributed by atoms with Crippen molar-refractivity contribution in [2.45, 2.75) is 6.92 Å². The number of anilines is 1. The third-order valence-electron chi connectivity index (χ3n) is 2.17. The Balaban J connectivity index is 2.60. The van der Waals surface area contributed by atoms with Gasteiger partial charge in [-0.3, -0.25) is 4.79 Å². The van der Waals surface area contributed by atoms with Crippen LogP contribution in [-0.4, -0.2) is 5.91 Å². The normalized spacial score (nSPS) is 16.3. The first-order valence-electron chi connectivity index (χ1n) is 4.24. The molecule has 0 atom stereocenters. The summed E-state index contributed by atoms with van der Waals surface area (Å²) in [7, 11) is 0. The van der Waals surface area contributed by atoms with Crippen molar-refractivity contribution in [1.29, 1.82) is 5.26 Å². The van der Waals surface area contributed by atoms with Crippen molar-refractivity contribution in [3.8, 4) is 6.07 Å². The van der Waals surface area contributed by atoms with Crippen molar-refractivity contribution in [3.63, 3.8) is 0 Å². The van der Waals surface area contributed by atoms with Gasteiger partial charge >= 0.3 is 0 Å². The zero-order valence-electron chi connectivity index (χ0n) is 7.66. The molecule has 1 aliphatic rings. The van der Waals surface area contributed by atoms with E-state index >= 15 is 0 Å². The highest BCUT2D eigenvalue weighted by Gasteiger charge is 2.23. The number of fused-ring (bicyclic) bond motifs is 1. The van der Waals surface area contributed by atoms with Crippen LogP contribution in [0.2, 0.25) is 0 Å². The van der Waals surface area contributed by atoms with E-state index in [9.17, 15) is 4.79 Å². The SMILES string of the molecule is Cc1ccc2c(c1)NC(=O)/C2=C/C#N. The van der Waals surface area contributed by atoms with Gasteiger partial charge in [0.1, 0.15) is 0 Å². The lowest BCUT2D eigenvalue weighted by molar-refractivity contribution is -0.110. The van der Waals surface area contributed by atoms with Crippen molar-refractivity contribution in [2.24, 2.45) is 0 Å². The highest BCUT2D eigenvalue weighted by molar-refractivity contribution is 6.31. The molecule has 0 aromatic heterocycles. The number of nitrogens with one attached hydrogen (secondary N) is 1. The van der Waals surface area contributed by atoms with Crippen molar-refractivity contribution >= 4 is 17.2 Å². The minimum absolute atomic E-state index is 0.202. The Bertz CT molecular complexity index is 481. The average molecular weight is 184 g/mol. The minimum atomic E-state index is -0.202. The van der Waals surface area contributed by atoms with Gasteiger partial charge in [0.25, 0.3) is 5.91 Å². The standard InChI is InChI=1S/C11H8N2O/c1-7-2-3-8-9(4-5-12)11(14)13-10(8)6-7/h2-4,6H,1H3,(H,13,14)/b9-4+. The Morgan fingerprint density at radius 2 is 2.29 bits per heavy atom. The van der Waals surface area contributed by atoms with E-state index in [4.69, 9.17) is 5.26 Å². The zero-order valence-corrected chi connectivity index (χ0v) is 7.66. The maximum Gasteiger partial charge on any atom is 0.257 e. The predicted octanol–water partition coefficient (Wildman–Crippen LogP) is 1.85. The molecular formula is C11H8N2O. The molecule has 68 valence electrons. The summed E-state index contributed by atoms with van der Waals surface area (Å²) in [6.45, 7) is 1.96. The second kappa shape index (κ2) is 3.00. The van der Waals surface area contributed by atoms with Gasteiger partial charge in [0, 0.05) is 17.3 Å². The first kappa shape index (κ1) is 8.52. The second-order valence-corrected chi connectivity index (χ2v) is 3.19. The van der Waals surface area contributed by atoms with Crippen LogP contribution in [0, 0.1) is 18.3 Å². The maximum atomic E-state index is 11.4. The van der Waals surface area contributed by atoms with Crippen LogP contribution in [0.5, 0.6) is 0 Å². The highest BCUT2D eigenvalue weighted by atomic mass is 16.1. The summed E-state index contributed by atoms with van der Waals surface area (Å²) < 4.78 is 0. The van der Waals surface area contributed by atoms with E-state index in [2.05, 4.69) is 5.32 Å². The molecule has 0 bridgehead atoms. The molecule has 0 unspecified atom stereocenters. The summed E-state index contributed by atoms with van der Waals surface area (Å²) in [5.74, 6) is -0.202. The Labute approximate surface area is 81.7 Å². The summed E-state index contributed by atoms with van der Waals surface area (Å²) >= 11 is 0. The number of carbonyl (C=O) groups excluding carboxylic acids is 1. The predicted molar refractivity (Wildman–Crippen MR) is 53.4 cm³/mol. The number of hydrogen-bond donors (Lipinski definition) is 1. The number of hydrogen-bond acceptors (Lipinski definition) is 2. The molecule has 2 rings (SSSR count). The van der Waals surface area contributed by atoms with Gasteiger partial charge in [-0.25, -0.2) is 0 Å². The molecule has 3 heteroatoms. The Morgan fingerprint density at radius 3 is 3.00 bits per heavy atom. The molecule has 1 aromatic carbocycles. The summed E-state index contributed by atoms with van der Waals surface area (Å²) in [4.78, 5) is 11.4. The molecule has 1 N–H and O–H groups in total. The molecule has 0 saturated heterocycles. The van der Waals surface area contributed by atoms with Crippen molar-refractivity contribution in [2.75, 3.05) is 5.32 Å². The van der Waals surface area contributed by atoms with E-state index in [1.807, 2.05) is 31.2 Å². The van der Waals surface area contributed by atoms with Crippen LogP contribution >= 0.6 is 0 Å². The number of nitrogens with zero attached hydrogens (tertiary/aromatic N) is 1. The fraction of sp³-hybridized carbons (Fsp3) is 0.0909. The second-order valence-electron chi connectivity index (χ2n) is 3.19. The van der Waals surface area contributed by atoms with E-state index in [1.54, 1.807) is 0 Å². The van der Waals surface area contributed by atoms with Gasteiger partial charge < -0.3 is 5.32 Å². The summed E-state index contributed by atoms with van der Waals surface area (Å²) in [5, 5.41) is 11.2. The van der Waals surface area contributed by atoms with Gasteiger partial charge in [-0.05, 0) is 18.6 Å². The third kappa shape index (κ3) is 1.17. The van der Waals surface area contributed by atoms with Crippen LogP contribution < -0.4 is 5.32 Å². The number of carbonyl (C=O) groups is 1. The van der Waals surface area contributed by atoms with E-state index in [1.165, 1.54) is 6.08 Å². The lowest BCUT2D eigenvalue weighted by Gasteiger charge is -1.98. The largest absolute Gasteiger partial charge is 0.321 e. The van der Waals surface area contributed by atoms with Crippen LogP contribution in [0.1, 0.15) is 11.1 Å². The van der Waals surface area contributed by atoms with Gasteiger partial charge in [0.2, 0.25) is 0 Å². The van der Waals surface area contributed by atoms with Crippen molar-refractivity contribution < 1.29 is 4.79 Å². The number of benzene rings is 1. The van der Waals surface area contributed by atoms with Crippen molar-refractivity contribution in [1.82, 2.24) is 0 Å². The number of rotatable bonds is 0. The minimum Gasteiger partial charge on any atom is -0.321 e. The number of allylic oxidation sites excluding steroid dienone is 1. The molecule has 14 heavy (non-hydrogen) atoms. The number of aryl methyl sites for hydroxylation is 1. The van der Waals surface area contributed by atoms with Gasteiger partial charge in [0.05, 0.1) is 11.6 Å². The average Bonchev–Trinajstić information content (AvgIpc) is 2.43. The van der Waals surface area contributed by atoms with Crippen LogP contribution in [0.15, 0.2) is 24.3 Å². The lowest BCUT2D eigenvalue weighted by Crippen LogP contribution is -2.03. The molecule has 1 heterocycles. The Kier molecular flexibility index (Phi) is 1.83. The molecule has 1 aliphatic heterocycles. The van der Waals surface area contributed by atoms with Gasteiger partial charge in [-0.2, -0.15) is 5.26 Å². The Morgan fingerprint density at radius 1 is 1.50 bits per heavy atom. The molecular weight excluding hydrogens is 176 g/mol. The third-order valence-corrected chi connectivity index (χ3v) is 2.17. The fourth-order valence-electron chi connectivity index (χ4n) is 1.52. The molecule has 0 radical (unpaired) electrons. The molecule has 0 fully saturated rings. The van der Waals surface area contributed by atoms with Crippen LogP contribution in [0.4, 0.5) is 5.69 Å². The molecule has 1 aromatic rings. The molecule has 1 amide bonds. The quantitative estimate of drug-likeness (QED) is 0.494. The molecule has 0 aliphatic carbocycles. The van der Waals surface area contributed by atoms with Crippen molar-refractivity contribution in [3.05, 3.63) is 35.4 Å². The monoisotopic (exact) mass is 184 g/mol. The van der Waals surface area contributed by atoms with Gasteiger partial charge in [-0.1, -0.05) is 12.1 Å². The Hall–Kier alpha value is -2.08. The van der Waals surface area contributed by atoms with E-state index in [0.717, 1.165) is 16.8 Å². The number of nitriles is 1. The van der Waals surface area contributed by atoms with E-state index in [0.29, 0.717) is 5.57 Å². The topological polar surface area (TPSA) is 52.9 Å². The zero-order chi connectivity index (χ0) is 10.1. The van der Waals surface area contributed by atoms with E-state index in [-0.39, 0.29) is 5.91 Å². The molecule has 0 spiro atoms. The fourth-order valence-corrected chi connectivity index (χ4v) is 1.52. The van der Waals surface area contributed by atoms with Gasteiger partial charge in [0.15, 0.2) is 0 Å². The lowest BCUT2D eigenvalue weighted by atomic mass is 10.1. The summed E-state index contributed by atoms with van der Waals surface area (Å²) in [6, 6.07) is 7.54. The summed E-state index contributed by atoms with van der Waals surface area (Å²) in [6.07, 6.45) is 1.27. The van der Waals surface area contributed by atoms with Gasteiger partial charge in [-0.15, -0.1) is 0 Å². The van der Waals surface area contributed by atoms with E-state index < -0.39 is 0 Å². The first-order chi connectivity index (χ1) is 6.72. The molecule has 0 saturated carbocycles. The molecule has 3 nitrogen and oxygen atoms in total. The maximum absolute atomic E-state index is 11.4. The summed E-state index contributed by atoms with van der Waals surface area (Å²) in [5.41, 5.74) is 3.13. The van der Waals surface area contributed by atoms with Crippen LogP contribution in [-0.2, 0) is 4.79 Å². The smallest absolute Gasteiger partial charge is 0.257 e. The highest BCUT2D eigenvalue weighted by Crippen LogP contribution is 2.31. The number of amides is 1. The first-order valence-corrected chi connectivity index (χ1v) is 4.24.